The minimum absolute atomic E-state index is 0.165. The van der Waals surface area contributed by atoms with Gasteiger partial charge in [0.25, 0.3) is 0 Å². The molecule has 0 aromatic heterocycles. The van der Waals surface area contributed by atoms with Gasteiger partial charge in [-0.25, -0.2) is 5.84 Å². The van der Waals surface area contributed by atoms with Gasteiger partial charge in [-0.05, 0) is 25.7 Å². The Hall–Kier alpha value is -1.30. The summed E-state index contributed by atoms with van der Waals surface area (Å²) in [6.45, 7) is 1.13. The molecule has 2 fully saturated rings. The Morgan fingerprint density at radius 3 is 2.53 bits per heavy atom. The second-order valence-electron chi connectivity index (χ2n) is 5.42. The first-order chi connectivity index (χ1) is 9.29. The van der Waals surface area contributed by atoms with Crippen molar-refractivity contribution in [1.82, 2.24) is 16.1 Å². The summed E-state index contributed by atoms with van der Waals surface area (Å²) in [4.78, 5) is 15.8. The number of hydrogen-bond acceptors (Lipinski definition) is 3. The van der Waals surface area contributed by atoms with Gasteiger partial charge in [-0.15, -0.1) is 0 Å². The Labute approximate surface area is 114 Å². The summed E-state index contributed by atoms with van der Waals surface area (Å²) in [5.41, 5.74) is 2.60. The van der Waals surface area contributed by atoms with Gasteiger partial charge in [-0.3, -0.25) is 15.2 Å². The highest BCUT2D eigenvalue weighted by Gasteiger charge is 2.28. The lowest BCUT2D eigenvalue weighted by atomic mass is 9.96. The average Bonchev–Trinajstić information content (AvgIpc) is 3.27. The smallest absolute Gasteiger partial charge is 0.223 e. The number of nitrogens with zero attached hydrogens (tertiary/aromatic N) is 1. The van der Waals surface area contributed by atoms with Crippen LogP contribution >= 0.6 is 0 Å². The molecule has 6 nitrogen and oxygen atoms in total. The van der Waals surface area contributed by atoms with Crippen molar-refractivity contribution >= 4 is 11.9 Å². The molecule has 1 amide bonds. The summed E-state index contributed by atoms with van der Waals surface area (Å²) in [5.74, 6) is 6.52. The number of hydrogen-bond donors (Lipinski definition) is 4. The average molecular weight is 267 g/mol. The molecule has 2 aliphatic rings. The lowest BCUT2D eigenvalue weighted by molar-refractivity contribution is -0.122. The van der Waals surface area contributed by atoms with Gasteiger partial charge in [0.1, 0.15) is 0 Å². The van der Waals surface area contributed by atoms with E-state index in [0.717, 1.165) is 12.8 Å². The van der Waals surface area contributed by atoms with Crippen LogP contribution in [0.2, 0.25) is 0 Å². The molecule has 2 saturated carbocycles. The first-order valence-corrected chi connectivity index (χ1v) is 7.35. The lowest BCUT2D eigenvalue weighted by Gasteiger charge is -2.24. The number of nitrogens with two attached hydrogens (primary N) is 1. The van der Waals surface area contributed by atoms with Gasteiger partial charge in [0.15, 0.2) is 0 Å². The molecule has 2 rings (SSSR count). The predicted molar refractivity (Wildman–Crippen MR) is 75.4 cm³/mol. The van der Waals surface area contributed by atoms with E-state index in [-0.39, 0.29) is 11.8 Å². The van der Waals surface area contributed by atoms with E-state index in [1.54, 1.807) is 0 Å². The summed E-state index contributed by atoms with van der Waals surface area (Å²) in [6, 6.07) is 0.476. The minimum atomic E-state index is 0.165. The molecule has 5 N–H and O–H groups in total. The van der Waals surface area contributed by atoms with Crippen molar-refractivity contribution < 1.29 is 4.79 Å². The molecule has 0 aromatic carbocycles. The molecular formula is C13H25N5O. The fourth-order valence-electron chi connectivity index (χ4n) is 2.41. The van der Waals surface area contributed by atoms with Crippen molar-refractivity contribution in [3.63, 3.8) is 0 Å². The highest BCUT2D eigenvalue weighted by atomic mass is 16.2. The van der Waals surface area contributed by atoms with Crippen LogP contribution in [0.15, 0.2) is 4.99 Å². The van der Waals surface area contributed by atoms with E-state index in [4.69, 9.17) is 5.84 Å². The van der Waals surface area contributed by atoms with Crippen molar-refractivity contribution in [1.29, 1.82) is 0 Å². The van der Waals surface area contributed by atoms with Crippen LogP contribution in [-0.4, -0.2) is 31.0 Å². The molecule has 0 spiro atoms. The van der Waals surface area contributed by atoms with Crippen LogP contribution in [0.5, 0.6) is 0 Å². The van der Waals surface area contributed by atoms with E-state index in [9.17, 15) is 4.79 Å². The molecule has 0 aliphatic heterocycles. The third-order valence-corrected chi connectivity index (χ3v) is 3.71. The summed E-state index contributed by atoms with van der Waals surface area (Å²) < 4.78 is 0. The Kier molecular flexibility index (Phi) is 5.44. The van der Waals surface area contributed by atoms with Crippen LogP contribution in [0.1, 0.15) is 44.9 Å². The molecule has 0 atom stereocenters. The van der Waals surface area contributed by atoms with Crippen molar-refractivity contribution in [3.05, 3.63) is 0 Å². The number of guanidine groups is 1. The summed E-state index contributed by atoms with van der Waals surface area (Å²) in [6.07, 6.45) is 8.30. The van der Waals surface area contributed by atoms with Gasteiger partial charge in [0, 0.05) is 18.5 Å². The minimum Gasteiger partial charge on any atom is -0.354 e. The number of rotatable bonds is 5. The fourth-order valence-corrected chi connectivity index (χ4v) is 2.41. The molecular weight excluding hydrogens is 242 g/mol. The molecule has 0 bridgehead atoms. The Balaban J connectivity index is 1.64. The van der Waals surface area contributed by atoms with Crippen molar-refractivity contribution in [2.24, 2.45) is 16.8 Å². The molecule has 0 radical (unpaired) electrons. The molecule has 19 heavy (non-hydrogen) atoms. The summed E-state index contributed by atoms with van der Waals surface area (Å²) >= 11 is 0. The third-order valence-electron chi connectivity index (χ3n) is 3.71. The largest absolute Gasteiger partial charge is 0.354 e. The van der Waals surface area contributed by atoms with E-state index in [2.05, 4.69) is 21.1 Å². The van der Waals surface area contributed by atoms with E-state index in [1.807, 2.05) is 0 Å². The zero-order valence-electron chi connectivity index (χ0n) is 11.5. The predicted octanol–water partition coefficient (Wildman–Crippen LogP) is 0.254. The molecule has 108 valence electrons. The number of hydrazine groups is 1. The summed E-state index contributed by atoms with van der Waals surface area (Å²) in [7, 11) is 0. The quantitative estimate of drug-likeness (QED) is 0.189. The van der Waals surface area contributed by atoms with Crippen molar-refractivity contribution in [2.75, 3.05) is 13.1 Å². The van der Waals surface area contributed by atoms with Gasteiger partial charge in [0.05, 0.1) is 6.54 Å². The normalized spacial score (nSPS) is 21.0. The Morgan fingerprint density at radius 1 is 1.16 bits per heavy atom. The highest BCUT2D eigenvalue weighted by Crippen LogP contribution is 2.28. The number of amides is 1. The zero-order chi connectivity index (χ0) is 13.5. The van der Waals surface area contributed by atoms with Gasteiger partial charge in [0.2, 0.25) is 11.9 Å². The fraction of sp³-hybridized carbons (Fsp3) is 0.846. The van der Waals surface area contributed by atoms with Crippen LogP contribution in [-0.2, 0) is 4.79 Å². The van der Waals surface area contributed by atoms with E-state index >= 15 is 0 Å². The monoisotopic (exact) mass is 267 g/mol. The maximum atomic E-state index is 11.4. The second-order valence-corrected chi connectivity index (χ2v) is 5.42. The van der Waals surface area contributed by atoms with Crippen LogP contribution < -0.4 is 21.9 Å². The van der Waals surface area contributed by atoms with E-state index in [0.29, 0.717) is 25.1 Å². The topological polar surface area (TPSA) is 91.5 Å². The lowest BCUT2D eigenvalue weighted by Crippen LogP contribution is -2.47. The second kappa shape index (κ2) is 7.33. The molecule has 2 aliphatic carbocycles. The Bertz CT molecular complexity index is 321. The standard InChI is InChI=1S/C13H25N5O/c14-18-13(17-11-4-2-1-3-5-11)16-9-8-15-12(19)10-6-7-10/h10-11H,1-9,14H2,(H,15,19)(H2,16,17,18). The van der Waals surface area contributed by atoms with Gasteiger partial charge in [-0.2, -0.15) is 0 Å². The van der Waals surface area contributed by atoms with E-state index in [1.165, 1.54) is 32.1 Å². The number of carbonyl (C=O) groups is 1. The zero-order valence-corrected chi connectivity index (χ0v) is 11.5. The molecule has 0 saturated heterocycles. The van der Waals surface area contributed by atoms with Crippen molar-refractivity contribution in [2.45, 2.75) is 51.0 Å². The molecule has 0 aromatic rings. The van der Waals surface area contributed by atoms with Crippen LogP contribution in [0.4, 0.5) is 0 Å². The van der Waals surface area contributed by atoms with Gasteiger partial charge >= 0.3 is 0 Å². The first-order valence-electron chi connectivity index (χ1n) is 7.35. The SMILES string of the molecule is NNC(=NCCNC(=O)C1CC1)NC1CCCCC1. The third kappa shape index (κ3) is 5.06. The first kappa shape index (κ1) is 14.1. The number of carbonyl (C=O) groups excluding carboxylic acids is 1. The number of aliphatic imine (C=N–C) groups is 1. The molecule has 0 unspecified atom stereocenters. The summed E-state index contributed by atoms with van der Waals surface area (Å²) in [5, 5.41) is 6.22. The van der Waals surface area contributed by atoms with Crippen molar-refractivity contribution in [3.8, 4) is 0 Å². The van der Waals surface area contributed by atoms with Gasteiger partial charge in [-0.1, -0.05) is 19.3 Å². The maximum absolute atomic E-state index is 11.4. The highest BCUT2D eigenvalue weighted by molar-refractivity contribution is 5.81. The molecule has 6 heteroatoms. The van der Waals surface area contributed by atoms with Crippen LogP contribution in [0, 0.1) is 5.92 Å². The van der Waals surface area contributed by atoms with Crippen LogP contribution in [0.25, 0.3) is 0 Å². The number of nitrogens with one attached hydrogen (secondary N) is 3. The van der Waals surface area contributed by atoms with Crippen LogP contribution in [0.3, 0.4) is 0 Å². The Morgan fingerprint density at radius 2 is 1.89 bits per heavy atom. The molecule has 0 heterocycles. The van der Waals surface area contributed by atoms with Gasteiger partial charge < -0.3 is 10.6 Å². The maximum Gasteiger partial charge on any atom is 0.223 e. The van der Waals surface area contributed by atoms with E-state index < -0.39 is 0 Å².